The molecule has 5 nitrogen and oxygen atoms in total. The number of benzene rings is 1. The van der Waals surface area contributed by atoms with Crippen LogP contribution in [-0.4, -0.2) is 14.5 Å². The first-order chi connectivity index (χ1) is 9.72. The van der Waals surface area contributed by atoms with Gasteiger partial charge in [-0.05, 0) is 31.2 Å². The fraction of sp³-hybridized carbons (Fsp3) is 0.143. The van der Waals surface area contributed by atoms with E-state index in [0.717, 1.165) is 22.1 Å². The summed E-state index contributed by atoms with van der Waals surface area (Å²) in [6.45, 7) is 2.70. The number of nitrogens with zero attached hydrogens (tertiary/aromatic N) is 2. The van der Waals surface area contributed by atoms with Crippen LogP contribution < -0.4 is 11.0 Å². The van der Waals surface area contributed by atoms with Crippen molar-refractivity contribution in [3.8, 4) is 5.69 Å². The van der Waals surface area contributed by atoms with Gasteiger partial charge >= 0.3 is 5.69 Å². The monoisotopic (exact) mass is 286 g/mol. The number of hydrogen-bond acceptors (Lipinski definition) is 4. The number of aromatic nitrogens is 3. The normalized spacial score (nSPS) is 10.7. The van der Waals surface area contributed by atoms with Crippen LogP contribution in [0.5, 0.6) is 0 Å². The molecule has 0 aliphatic rings. The Morgan fingerprint density at radius 1 is 1.35 bits per heavy atom. The fourth-order valence-electron chi connectivity index (χ4n) is 1.93. The fourth-order valence-corrected chi connectivity index (χ4v) is 2.64. The number of H-pyrrole nitrogens is 1. The van der Waals surface area contributed by atoms with Gasteiger partial charge in [0.25, 0.3) is 0 Å². The van der Waals surface area contributed by atoms with Gasteiger partial charge in [-0.1, -0.05) is 0 Å². The summed E-state index contributed by atoms with van der Waals surface area (Å²) in [6.07, 6.45) is 3.34. The third kappa shape index (κ3) is 2.65. The molecule has 0 fully saturated rings. The van der Waals surface area contributed by atoms with Gasteiger partial charge in [-0.3, -0.25) is 4.57 Å². The summed E-state index contributed by atoms with van der Waals surface area (Å²) >= 11 is 1.65. The van der Waals surface area contributed by atoms with E-state index in [2.05, 4.69) is 15.3 Å². The summed E-state index contributed by atoms with van der Waals surface area (Å²) in [5, 5.41) is 6.42. The lowest BCUT2D eigenvalue weighted by Crippen LogP contribution is -2.13. The maximum Gasteiger partial charge on any atom is 0.330 e. The first kappa shape index (κ1) is 12.7. The predicted molar refractivity (Wildman–Crippen MR) is 80.6 cm³/mol. The van der Waals surface area contributed by atoms with Gasteiger partial charge in [0.2, 0.25) is 0 Å². The van der Waals surface area contributed by atoms with Crippen LogP contribution in [0.2, 0.25) is 0 Å². The molecule has 0 radical (unpaired) electrons. The van der Waals surface area contributed by atoms with E-state index in [1.807, 2.05) is 36.6 Å². The first-order valence-electron chi connectivity index (χ1n) is 6.24. The first-order valence-corrected chi connectivity index (χ1v) is 7.12. The van der Waals surface area contributed by atoms with E-state index < -0.39 is 0 Å². The lowest BCUT2D eigenvalue weighted by molar-refractivity contribution is 0.986. The molecule has 102 valence electrons. The van der Waals surface area contributed by atoms with Gasteiger partial charge in [0.05, 0.1) is 12.2 Å². The number of aryl methyl sites for hydroxylation is 1. The topological polar surface area (TPSA) is 62.7 Å². The van der Waals surface area contributed by atoms with Crippen LogP contribution in [0.4, 0.5) is 5.69 Å². The molecule has 0 aliphatic heterocycles. The summed E-state index contributed by atoms with van der Waals surface area (Å²) in [7, 11) is 0. The average Bonchev–Trinajstić information content (AvgIpc) is 3.06. The van der Waals surface area contributed by atoms with Crippen LogP contribution in [0.1, 0.15) is 10.7 Å². The molecule has 0 saturated carbocycles. The molecule has 6 heteroatoms. The Morgan fingerprint density at radius 2 is 2.15 bits per heavy atom. The minimum Gasteiger partial charge on any atom is -0.379 e. The van der Waals surface area contributed by atoms with Crippen molar-refractivity contribution in [1.29, 1.82) is 0 Å². The summed E-state index contributed by atoms with van der Waals surface area (Å²) in [5.74, 6) is 0. The molecule has 0 unspecified atom stereocenters. The third-order valence-electron chi connectivity index (χ3n) is 2.91. The smallest absolute Gasteiger partial charge is 0.330 e. The Balaban J connectivity index is 1.70. The van der Waals surface area contributed by atoms with Gasteiger partial charge in [-0.2, -0.15) is 0 Å². The second kappa shape index (κ2) is 5.34. The van der Waals surface area contributed by atoms with Crippen molar-refractivity contribution in [3.05, 3.63) is 63.2 Å². The molecule has 0 saturated heterocycles. The molecular formula is C14H14N4OS. The highest BCUT2D eigenvalue weighted by Gasteiger charge is 2.01. The van der Waals surface area contributed by atoms with Crippen LogP contribution in [0, 0.1) is 6.92 Å². The van der Waals surface area contributed by atoms with Gasteiger partial charge in [0.15, 0.2) is 0 Å². The van der Waals surface area contributed by atoms with Crippen molar-refractivity contribution in [2.75, 3.05) is 5.32 Å². The Kier molecular flexibility index (Phi) is 3.39. The van der Waals surface area contributed by atoms with Crippen LogP contribution >= 0.6 is 11.3 Å². The SMILES string of the molecule is Cc1csc(CNc2ccc(-n3cc[nH]c3=O)cc2)n1. The Hall–Kier alpha value is -2.34. The number of nitrogens with one attached hydrogen (secondary N) is 2. The van der Waals surface area contributed by atoms with Crippen LogP contribution in [-0.2, 0) is 6.54 Å². The molecule has 1 aromatic carbocycles. The van der Waals surface area contributed by atoms with Gasteiger partial charge in [0.1, 0.15) is 5.01 Å². The molecular weight excluding hydrogens is 272 g/mol. The minimum atomic E-state index is -0.135. The maximum absolute atomic E-state index is 11.5. The summed E-state index contributed by atoms with van der Waals surface area (Å²) in [5.41, 5.74) is 2.76. The van der Waals surface area contributed by atoms with Crippen molar-refractivity contribution < 1.29 is 0 Å². The minimum absolute atomic E-state index is 0.135. The molecule has 0 atom stereocenters. The average molecular weight is 286 g/mol. The highest BCUT2D eigenvalue weighted by Crippen LogP contribution is 2.15. The van der Waals surface area contributed by atoms with E-state index in [1.165, 1.54) is 0 Å². The second-order valence-corrected chi connectivity index (χ2v) is 5.36. The number of thiazole rings is 1. The zero-order valence-corrected chi connectivity index (χ0v) is 11.8. The third-order valence-corrected chi connectivity index (χ3v) is 3.87. The molecule has 2 aromatic heterocycles. The Labute approximate surface area is 119 Å². The van der Waals surface area contributed by atoms with E-state index in [-0.39, 0.29) is 5.69 Å². The van der Waals surface area contributed by atoms with E-state index >= 15 is 0 Å². The van der Waals surface area contributed by atoms with E-state index in [1.54, 1.807) is 28.3 Å². The number of rotatable bonds is 4. The van der Waals surface area contributed by atoms with Gasteiger partial charge in [-0.15, -0.1) is 11.3 Å². The highest BCUT2D eigenvalue weighted by molar-refractivity contribution is 7.09. The summed E-state index contributed by atoms with van der Waals surface area (Å²) in [6, 6.07) is 7.72. The second-order valence-electron chi connectivity index (χ2n) is 4.42. The molecule has 20 heavy (non-hydrogen) atoms. The number of hydrogen-bond donors (Lipinski definition) is 2. The van der Waals surface area contributed by atoms with Crippen LogP contribution in [0.15, 0.2) is 46.8 Å². The molecule has 3 rings (SSSR count). The van der Waals surface area contributed by atoms with E-state index in [9.17, 15) is 4.79 Å². The summed E-state index contributed by atoms with van der Waals surface area (Å²) < 4.78 is 1.56. The summed E-state index contributed by atoms with van der Waals surface area (Å²) in [4.78, 5) is 18.5. The Morgan fingerprint density at radius 3 is 2.75 bits per heavy atom. The highest BCUT2D eigenvalue weighted by atomic mass is 32.1. The number of anilines is 1. The van der Waals surface area contributed by atoms with Crippen LogP contribution in [0.25, 0.3) is 5.69 Å². The van der Waals surface area contributed by atoms with Crippen molar-refractivity contribution in [2.45, 2.75) is 13.5 Å². The van der Waals surface area contributed by atoms with E-state index in [4.69, 9.17) is 0 Å². The standard InChI is InChI=1S/C14H14N4OS/c1-10-9-20-13(17-10)8-16-11-2-4-12(5-3-11)18-7-6-15-14(18)19/h2-7,9,16H,8H2,1H3,(H,15,19). The maximum atomic E-state index is 11.5. The van der Waals surface area contributed by atoms with Crippen molar-refractivity contribution in [2.24, 2.45) is 0 Å². The number of aromatic amines is 1. The van der Waals surface area contributed by atoms with Crippen molar-refractivity contribution in [1.82, 2.24) is 14.5 Å². The zero-order chi connectivity index (χ0) is 13.9. The Bertz CT molecular complexity index is 754. The van der Waals surface area contributed by atoms with Crippen LogP contribution in [0.3, 0.4) is 0 Å². The zero-order valence-electron chi connectivity index (χ0n) is 11.0. The molecule has 2 N–H and O–H groups in total. The van der Waals surface area contributed by atoms with Crippen molar-refractivity contribution >= 4 is 17.0 Å². The number of imidazole rings is 1. The molecule has 0 aliphatic carbocycles. The molecule has 2 heterocycles. The molecule has 0 amide bonds. The van der Waals surface area contributed by atoms with Gasteiger partial charge in [0, 0.05) is 29.2 Å². The quantitative estimate of drug-likeness (QED) is 0.774. The molecule has 3 aromatic rings. The predicted octanol–water partition coefficient (Wildman–Crippen LogP) is 2.54. The molecule has 0 bridgehead atoms. The van der Waals surface area contributed by atoms with Gasteiger partial charge in [-0.25, -0.2) is 9.78 Å². The lowest BCUT2D eigenvalue weighted by Gasteiger charge is -2.06. The lowest BCUT2D eigenvalue weighted by atomic mass is 10.3. The molecule has 0 spiro atoms. The van der Waals surface area contributed by atoms with Crippen molar-refractivity contribution in [3.63, 3.8) is 0 Å². The largest absolute Gasteiger partial charge is 0.379 e. The van der Waals surface area contributed by atoms with Gasteiger partial charge < -0.3 is 10.3 Å². The van der Waals surface area contributed by atoms with E-state index in [0.29, 0.717) is 6.54 Å².